The maximum atomic E-state index is 6.18. The monoisotopic (exact) mass is 299 g/mol. The molecule has 0 saturated heterocycles. The van der Waals surface area contributed by atoms with Crippen molar-refractivity contribution in [3.63, 3.8) is 0 Å². The fourth-order valence-corrected chi connectivity index (χ4v) is 2.34. The highest BCUT2D eigenvalue weighted by molar-refractivity contribution is 6.35. The minimum Gasteiger partial charge on any atom is -0.316 e. The van der Waals surface area contributed by atoms with E-state index < -0.39 is 0 Å². The molecule has 0 fully saturated rings. The average Bonchev–Trinajstić information content (AvgIpc) is 2.77. The zero-order valence-electron chi connectivity index (χ0n) is 10.8. The third-order valence-corrected chi connectivity index (χ3v) is 3.46. The lowest BCUT2D eigenvalue weighted by atomic mass is 10.0. The number of aryl methyl sites for hydroxylation is 1. The number of rotatable bonds is 5. The summed E-state index contributed by atoms with van der Waals surface area (Å²) in [6.45, 7) is 0. The molecule has 7 heteroatoms. The summed E-state index contributed by atoms with van der Waals surface area (Å²) < 4.78 is 0. The normalized spacial score (nSPS) is 12.6. The highest BCUT2D eigenvalue weighted by Gasteiger charge is 2.13. The van der Waals surface area contributed by atoms with E-state index in [1.165, 1.54) is 4.80 Å². The number of benzene rings is 1. The van der Waals surface area contributed by atoms with Crippen LogP contribution in [0.2, 0.25) is 10.0 Å². The van der Waals surface area contributed by atoms with Gasteiger partial charge in [-0.15, -0.1) is 10.2 Å². The molecule has 0 saturated carbocycles. The van der Waals surface area contributed by atoms with Crippen LogP contribution in [0.15, 0.2) is 18.2 Å². The predicted molar refractivity (Wildman–Crippen MR) is 75.5 cm³/mol. The van der Waals surface area contributed by atoms with Crippen LogP contribution in [0.5, 0.6) is 0 Å². The van der Waals surface area contributed by atoms with Gasteiger partial charge in [-0.1, -0.05) is 29.3 Å². The first-order valence-corrected chi connectivity index (χ1v) is 6.68. The van der Waals surface area contributed by atoms with E-state index in [4.69, 9.17) is 23.2 Å². The molecule has 2 aromatic rings. The molecule has 5 nitrogen and oxygen atoms in total. The maximum Gasteiger partial charge on any atom is 0.176 e. The molecule has 102 valence electrons. The number of nitrogens with zero attached hydrogens (tertiary/aromatic N) is 4. The number of hydrogen-bond donors (Lipinski definition) is 1. The quantitative estimate of drug-likeness (QED) is 0.916. The van der Waals surface area contributed by atoms with Gasteiger partial charge in [-0.3, -0.25) is 0 Å². The number of hydrogen-bond acceptors (Lipinski definition) is 4. The molecule has 0 aliphatic heterocycles. The molecule has 0 radical (unpaired) electrons. The molecule has 1 aromatic heterocycles. The lowest BCUT2D eigenvalue weighted by molar-refractivity contribution is 0.540. The Bertz CT molecular complexity index is 555. The summed E-state index contributed by atoms with van der Waals surface area (Å²) in [6.07, 6.45) is 1.48. The number of likely N-dealkylation sites (N-methyl/N-ethyl adjacent to an activating group) is 1. The Morgan fingerprint density at radius 2 is 2.11 bits per heavy atom. The van der Waals surface area contributed by atoms with E-state index in [0.717, 1.165) is 12.0 Å². The molecule has 0 amide bonds. The summed E-state index contributed by atoms with van der Waals surface area (Å²) in [4.78, 5) is 1.46. The van der Waals surface area contributed by atoms with E-state index >= 15 is 0 Å². The lowest BCUT2D eigenvalue weighted by Gasteiger charge is -2.15. The molecule has 0 aliphatic carbocycles. The van der Waals surface area contributed by atoms with Gasteiger partial charge in [0.25, 0.3) is 0 Å². The molecule has 1 unspecified atom stereocenters. The van der Waals surface area contributed by atoms with Gasteiger partial charge in [-0.05, 0) is 36.4 Å². The van der Waals surface area contributed by atoms with E-state index in [1.807, 2.05) is 19.2 Å². The van der Waals surface area contributed by atoms with Crippen molar-refractivity contribution < 1.29 is 0 Å². The van der Waals surface area contributed by atoms with Crippen LogP contribution in [0.3, 0.4) is 0 Å². The minimum absolute atomic E-state index is 0.197. The Labute approximate surface area is 121 Å². The van der Waals surface area contributed by atoms with Crippen LogP contribution in [0.1, 0.15) is 11.4 Å². The predicted octanol–water partition coefficient (Wildman–Crippen LogP) is 1.89. The molecule has 2 rings (SSSR count). The van der Waals surface area contributed by atoms with Crippen molar-refractivity contribution in [2.75, 3.05) is 7.05 Å². The van der Waals surface area contributed by atoms with Crippen molar-refractivity contribution >= 4 is 23.2 Å². The van der Waals surface area contributed by atoms with Gasteiger partial charge in [0, 0.05) is 22.5 Å². The third-order valence-electron chi connectivity index (χ3n) is 2.87. The first-order valence-electron chi connectivity index (χ1n) is 5.92. The van der Waals surface area contributed by atoms with Gasteiger partial charge in [0.1, 0.15) is 0 Å². The van der Waals surface area contributed by atoms with Crippen LogP contribution in [-0.4, -0.2) is 33.3 Å². The zero-order valence-corrected chi connectivity index (χ0v) is 12.3. The Hall–Kier alpha value is -1.17. The van der Waals surface area contributed by atoms with E-state index in [-0.39, 0.29) is 6.04 Å². The van der Waals surface area contributed by atoms with Crippen molar-refractivity contribution in [3.05, 3.63) is 39.6 Å². The first kappa shape index (κ1) is 14.2. The summed E-state index contributed by atoms with van der Waals surface area (Å²) in [5.74, 6) is 0.715. The van der Waals surface area contributed by atoms with Crippen LogP contribution in [-0.2, 0) is 19.9 Å². The topological polar surface area (TPSA) is 55.6 Å². The Kier molecular flexibility index (Phi) is 4.74. The van der Waals surface area contributed by atoms with Gasteiger partial charge in [0.2, 0.25) is 0 Å². The maximum absolute atomic E-state index is 6.18. The van der Waals surface area contributed by atoms with Gasteiger partial charge in [0.15, 0.2) is 5.82 Å². The standard InChI is InChI=1S/C12H15Cl2N5/c1-15-10(7-12-16-18-19(2)17-12)5-8-3-4-9(13)6-11(8)14/h3-4,6,10,15H,5,7H2,1-2H3. The van der Waals surface area contributed by atoms with Crippen molar-refractivity contribution in [1.82, 2.24) is 25.5 Å². The SMILES string of the molecule is CNC(Cc1nnn(C)n1)Cc1ccc(Cl)cc1Cl. The molecule has 1 atom stereocenters. The number of nitrogens with one attached hydrogen (secondary N) is 1. The Morgan fingerprint density at radius 3 is 2.68 bits per heavy atom. The van der Waals surface area contributed by atoms with Crippen LogP contribution in [0, 0.1) is 0 Å². The second kappa shape index (κ2) is 6.32. The first-order chi connectivity index (χ1) is 9.08. The fraction of sp³-hybridized carbons (Fsp3) is 0.417. The molecule has 1 heterocycles. The second-order valence-corrected chi connectivity index (χ2v) is 5.17. The van der Waals surface area contributed by atoms with Crippen LogP contribution >= 0.6 is 23.2 Å². The van der Waals surface area contributed by atoms with Crippen molar-refractivity contribution in [2.24, 2.45) is 7.05 Å². The Morgan fingerprint density at radius 1 is 1.32 bits per heavy atom. The highest BCUT2D eigenvalue weighted by atomic mass is 35.5. The summed E-state index contributed by atoms with van der Waals surface area (Å²) in [5, 5.41) is 16.6. The molecule has 0 spiro atoms. The number of halogens is 2. The second-order valence-electron chi connectivity index (χ2n) is 4.32. The van der Waals surface area contributed by atoms with Crippen molar-refractivity contribution in [1.29, 1.82) is 0 Å². The van der Waals surface area contributed by atoms with Crippen molar-refractivity contribution in [2.45, 2.75) is 18.9 Å². The van der Waals surface area contributed by atoms with Crippen LogP contribution < -0.4 is 5.32 Å². The molecular formula is C12H15Cl2N5. The molecule has 1 aromatic carbocycles. The molecule has 1 N–H and O–H groups in total. The molecule has 19 heavy (non-hydrogen) atoms. The van der Waals surface area contributed by atoms with Gasteiger partial charge in [-0.25, -0.2) is 0 Å². The summed E-state index contributed by atoms with van der Waals surface area (Å²) >= 11 is 12.1. The average molecular weight is 300 g/mol. The van der Waals surface area contributed by atoms with Gasteiger partial charge in [0.05, 0.1) is 7.05 Å². The van der Waals surface area contributed by atoms with Crippen LogP contribution in [0.4, 0.5) is 0 Å². The summed E-state index contributed by atoms with van der Waals surface area (Å²) in [7, 11) is 3.66. The minimum atomic E-state index is 0.197. The van der Waals surface area contributed by atoms with E-state index in [1.54, 1.807) is 13.1 Å². The van der Waals surface area contributed by atoms with Crippen molar-refractivity contribution in [3.8, 4) is 0 Å². The van der Waals surface area contributed by atoms with Gasteiger partial charge in [-0.2, -0.15) is 4.80 Å². The zero-order chi connectivity index (χ0) is 13.8. The summed E-state index contributed by atoms with van der Waals surface area (Å²) in [5.41, 5.74) is 1.05. The highest BCUT2D eigenvalue weighted by Crippen LogP contribution is 2.22. The lowest BCUT2D eigenvalue weighted by Crippen LogP contribution is -2.30. The van der Waals surface area contributed by atoms with Crippen LogP contribution in [0.25, 0.3) is 0 Å². The van der Waals surface area contributed by atoms with E-state index in [9.17, 15) is 0 Å². The molecular weight excluding hydrogens is 285 g/mol. The molecule has 0 bridgehead atoms. The number of tetrazole rings is 1. The number of aromatic nitrogens is 4. The molecule has 0 aliphatic rings. The Balaban J connectivity index is 2.06. The van der Waals surface area contributed by atoms with E-state index in [0.29, 0.717) is 22.3 Å². The third kappa shape index (κ3) is 3.89. The summed E-state index contributed by atoms with van der Waals surface area (Å²) in [6, 6.07) is 5.74. The van der Waals surface area contributed by atoms with E-state index in [2.05, 4.69) is 20.7 Å². The largest absolute Gasteiger partial charge is 0.316 e. The van der Waals surface area contributed by atoms with Gasteiger partial charge >= 0.3 is 0 Å². The fourth-order valence-electron chi connectivity index (χ4n) is 1.85. The van der Waals surface area contributed by atoms with Gasteiger partial charge < -0.3 is 5.32 Å². The smallest absolute Gasteiger partial charge is 0.176 e.